The van der Waals surface area contributed by atoms with E-state index in [1.165, 1.54) is 12.1 Å². The van der Waals surface area contributed by atoms with Gasteiger partial charge < -0.3 is 9.84 Å². The third-order valence-corrected chi connectivity index (χ3v) is 3.01. The average molecular weight is 329 g/mol. The lowest BCUT2D eigenvalue weighted by molar-refractivity contribution is -0.384. The Hall–Kier alpha value is -2.38. The predicted octanol–water partition coefficient (Wildman–Crippen LogP) is 3.79. The molecule has 0 unspecified atom stereocenters. The van der Waals surface area contributed by atoms with Gasteiger partial charge in [0.25, 0.3) is 5.69 Å². The maximum absolute atomic E-state index is 11.0. The molecule has 0 spiro atoms. The summed E-state index contributed by atoms with van der Waals surface area (Å²) >= 11 is 11.5. The van der Waals surface area contributed by atoms with Crippen LogP contribution in [-0.4, -0.2) is 21.0 Å². The molecule has 1 aromatic heterocycles. The highest BCUT2D eigenvalue weighted by atomic mass is 35.5. The number of carboxylic acids is 1. The number of carboxylic acid groups (broad SMARTS) is 1. The van der Waals surface area contributed by atoms with Gasteiger partial charge in [-0.3, -0.25) is 10.1 Å². The molecule has 108 valence electrons. The number of halogens is 2. The number of hydrogen-bond acceptors (Lipinski definition) is 5. The third kappa shape index (κ3) is 3.39. The summed E-state index contributed by atoms with van der Waals surface area (Å²) in [5.41, 5.74) is -0.426. The molecule has 7 nitrogen and oxygen atoms in total. The van der Waals surface area contributed by atoms with Gasteiger partial charge in [0.1, 0.15) is 0 Å². The minimum absolute atomic E-state index is 0.0166. The van der Waals surface area contributed by atoms with E-state index >= 15 is 0 Å². The van der Waals surface area contributed by atoms with Crippen molar-refractivity contribution in [2.75, 3.05) is 0 Å². The van der Waals surface area contributed by atoms with Crippen LogP contribution < -0.4 is 4.74 Å². The first-order valence-corrected chi connectivity index (χ1v) is 6.14. The van der Waals surface area contributed by atoms with E-state index in [1.807, 2.05) is 0 Å². The molecule has 0 aliphatic rings. The molecule has 21 heavy (non-hydrogen) atoms. The molecule has 0 aliphatic carbocycles. The number of hydrogen-bond donors (Lipinski definition) is 1. The van der Waals surface area contributed by atoms with Crippen LogP contribution in [0.1, 0.15) is 10.4 Å². The molecule has 0 fully saturated rings. The highest BCUT2D eigenvalue weighted by Crippen LogP contribution is 2.32. The van der Waals surface area contributed by atoms with Gasteiger partial charge in [0.05, 0.1) is 32.8 Å². The lowest BCUT2D eigenvalue weighted by atomic mass is 10.2. The molecular weight excluding hydrogens is 323 g/mol. The van der Waals surface area contributed by atoms with E-state index in [4.69, 9.17) is 33.0 Å². The van der Waals surface area contributed by atoms with Gasteiger partial charge in [0.2, 0.25) is 5.88 Å². The van der Waals surface area contributed by atoms with Crippen LogP contribution in [0.15, 0.2) is 30.5 Å². The van der Waals surface area contributed by atoms with Gasteiger partial charge in [-0.2, -0.15) is 0 Å². The van der Waals surface area contributed by atoms with Crippen LogP contribution in [0.3, 0.4) is 0 Å². The number of non-ortho nitro benzene ring substituents is 1. The van der Waals surface area contributed by atoms with Gasteiger partial charge in [-0.25, -0.2) is 9.78 Å². The second-order valence-corrected chi connectivity index (χ2v) is 4.60. The molecule has 1 heterocycles. The van der Waals surface area contributed by atoms with E-state index in [9.17, 15) is 14.9 Å². The van der Waals surface area contributed by atoms with Crippen molar-refractivity contribution in [1.29, 1.82) is 0 Å². The van der Waals surface area contributed by atoms with E-state index in [0.717, 1.165) is 18.3 Å². The van der Waals surface area contributed by atoms with Crippen molar-refractivity contribution in [3.8, 4) is 11.6 Å². The molecular formula is C12H6Cl2N2O5. The van der Waals surface area contributed by atoms with E-state index < -0.39 is 10.9 Å². The molecule has 1 N–H and O–H groups in total. The molecule has 0 radical (unpaired) electrons. The molecule has 0 aliphatic heterocycles. The van der Waals surface area contributed by atoms with Crippen molar-refractivity contribution in [1.82, 2.24) is 4.98 Å². The van der Waals surface area contributed by atoms with Crippen molar-refractivity contribution < 1.29 is 19.6 Å². The van der Waals surface area contributed by atoms with Crippen LogP contribution in [0.25, 0.3) is 0 Å². The van der Waals surface area contributed by atoms with Gasteiger partial charge >= 0.3 is 5.97 Å². The Kier molecular flexibility index (Phi) is 4.25. The molecule has 0 atom stereocenters. The quantitative estimate of drug-likeness (QED) is 0.676. The van der Waals surface area contributed by atoms with Crippen molar-refractivity contribution in [2.45, 2.75) is 0 Å². The Labute approximate surface area is 127 Å². The van der Waals surface area contributed by atoms with E-state index in [0.29, 0.717) is 0 Å². The number of nitrogens with zero attached hydrogens (tertiary/aromatic N) is 2. The second kappa shape index (κ2) is 5.94. The van der Waals surface area contributed by atoms with E-state index in [-0.39, 0.29) is 32.9 Å². The summed E-state index contributed by atoms with van der Waals surface area (Å²) in [4.78, 5) is 24.8. The number of nitro groups is 1. The van der Waals surface area contributed by atoms with Crippen LogP contribution in [-0.2, 0) is 0 Å². The Bertz CT molecular complexity index is 736. The zero-order chi connectivity index (χ0) is 15.6. The molecule has 9 heteroatoms. The summed E-state index contributed by atoms with van der Waals surface area (Å²) in [7, 11) is 0. The van der Waals surface area contributed by atoms with Crippen LogP contribution in [0, 0.1) is 10.1 Å². The lowest BCUT2D eigenvalue weighted by Crippen LogP contribution is -1.99. The van der Waals surface area contributed by atoms with Gasteiger partial charge in [0, 0.05) is 12.1 Å². The smallest absolute Gasteiger partial charge is 0.337 e. The Morgan fingerprint density at radius 3 is 2.62 bits per heavy atom. The van der Waals surface area contributed by atoms with E-state index in [2.05, 4.69) is 4.98 Å². The number of ether oxygens (including phenoxy) is 1. The molecule has 2 aromatic rings. The largest absolute Gasteiger partial charge is 0.478 e. The molecule has 0 bridgehead atoms. The van der Waals surface area contributed by atoms with E-state index in [1.54, 1.807) is 0 Å². The van der Waals surface area contributed by atoms with Crippen LogP contribution in [0.4, 0.5) is 5.69 Å². The first-order valence-electron chi connectivity index (χ1n) is 5.39. The summed E-state index contributed by atoms with van der Waals surface area (Å²) in [6.07, 6.45) is 1.10. The van der Waals surface area contributed by atoms with Crippen LogP contribution in [0.2, 0.25) is 10.0 Å². The second-order valence-electron chi connectivity index (χ2n) is 3.78. The average Bonchev–Trinajstić information content (AvgIpc) is 2.42. The van der Waals surface area contributed by atoms with Crippen molar-refractivity contribution in [3.05, 3.63) is 56.2 Å². The molecule has 2 rings (SSSR count). The van der Waals surface area contributed by atoms with Crippen molar-refractivity contribution in [2.24, 2.45) is 0 Å². The summed E-state index contributed by atoms with van der Waals surface area (Å²) in [5.74, 6) is -1.37. The predicted molar refractivity (Wildman–Crippen MR) is 74.4 cm³/mol. The van der Waals surface area contributed by atoms with Gasteiger partial charge in [-0.1, -0.05) is 23.2 Å². The van der Waals surface area contributed by atoms with Crippen molar-refractivity contribution in [3.63, 3.8) is 0 Å². The Balaban J connectivity index is 2.38. The number of rotatable bonds is 4. The monoisotopic (exact) mass is 328 g/mol. The first kappa shape index (κ1) is 15.0. The third-order valence-electron chi connectivity index (χ3n) is 2.40. The standard InChI is InChI=1S/C12H6Cl2N2O5/c13-8-2-1-6(16(19)20)3-10(8)21-11-4-7(12(17)18)9(14)5-15-11/h1-5H,(H,17,18). The van der Waals surface area contributed by atoms with Gasteiger partial charge in [-0.15, -0.1) is 0 Å². The zero-order valence-corrected chi connectivity index (χ0v) is 11.6. The summed E-state index contributed by atoms with van der Waals surface area (Å²) < 4.78 is 5.28. The summed E-state index contributed by atoms with van der Waals surface area (Å²) in [6.45, 7) is 0. The number of pyridine rings is 1. The summed E-state index contributed by atoms with van der Waals surface area (Å²) in [5, 5.41) is 19.7. The highest BCUT2D eigenvalue weighted by molar-refractivity contribution is 6.33. The lowest BCUT2D eigenvalue weighted by Gasteiger charge is -2.07. The SMILES string of the molecule is O=C(O)c1cc(Oc2cc([N+](=O)[O-])ccc2Cl)ncc1Cl. The minimum atomic E-state index is -1.25. The van der Waals surface area contributed by atoms with Crippen LogP contribution in [0.5, 0.6) is 11.6 Å². The molecule has 0 saturated carbocycles. The number of aromatic nitrogens is 1. The maximum Gasteiger partial charge on any atom is 0.337 e. The van der Waals surface area contributed by atoms with Gasteiger partial charge in [0.15, 0.2) is 5.75 Å². The topological polar surface area (TPSA) is 103 Å². The normalized spacial score (nSPS) is 10.2. The molecule has 0 amide bonds. The molecule has 0 saturated heterocycles. The first-order chi connectivity index (χ1) is 9.88. The van der Waals surface area contributed by atoms with Gasteiger partial charge in [-0.05, 0) is 6.07 Å². The van der Waals surface area contributed by atoms with Crippen LogP contribution >= 0.6 is 23.2 Å². The minimum Gasteiger partial charge on any atom is -0.478 e. The Morgan fingerprint density at radius 1 is 1.29 bits per heavy atom. The maximum atomic E-state index is 11.0. The Morgan fingerprint density at radius 2 is 2.00 bits per heavy atom. The fourth-order valence-electron chi connectivity index (χ4n) is 1.44. The zero-order valence-electron chi connectivity index (χ0n) is 10.1. The number of aromatic carboxylic acids is 1. The number of nitro benzene ring substituents is 1. The fraction of sp³-hybridized carbons (Fsp3) is 0. The highest BCUT2D eigenvalue weighted by Gasteiger charge is 2.15. The van der Waals surface area contributed by atoms with Crippen molar-refractivity contribution >= 4 is 34.9 Å². The number of benzene rings is 1. The molecule has 1 aromatic carbocycles. The summed E-state index contributed by atoms with van der Waals surface area (Å²) in [6, 6.07) is 4.72. The fourth-order valence-corrected chi connectivity index (χ4v) is 1.78. The number of carbonyl (C=O) groups is 1.